The third-order valence-corrected chi connectivity index (χ3v) is 5.98. The zero-order chi connectivity index (χ0) is 20.1. The average Bonchev–Trinajstić information content (AvgIpc) is 3.27. The van der Waals surface area contributed by atoms with Crippen molar-refractivity contribution in [3.8, 4) is 5.75 Å². The SMILES string of the molecule is CCc1cccc(OC)c1C(=O)NC(c1ccccc1)C(C)(C)N1CCCC1. The fourth-order valence-corrected chi connectivity index (χ4v) is 4.29. The molecule has 1 amide bonds. The number of aryl methyl sites for hydroxylation is 1. The van der Waals surface area contributed by atoms with E-state index in [1.54, 1.807) is 7.11 Å². The number of nitrogens with zero attached hydrogens (tertiary/aromatic N) is 1. The van der Waals surface area contributed by atoms with Crippen molar-refractivity contribution in [2.75, 3.05) is 20.2 Å². The van der Waals surface area contributed by atoms with Crippen LogP contribution in [0.2, 0.25) is 0 Å². The molecule has 0 saturated carbocycles. The van der Waals surface area contributed by atoms with E-state index in [4.69, 9.17) is 4.74 Å². The lowest BCUT2D eigenvalue weighted by Gasteiger charge is -2.42. The number of likely N-dealkylation sites (tertiary alicyclic amines) is 1. The lowest BCUT2D eigenvalue weighted by Crippen LogP contribution is -2.52. The number of hydrogen-bond acceptors (Lipinski definition) is 3. The molecule has 1 unspecified atom stereocenters. The van der Waals surface area contributed by atoms with Gasteiger partial charge in [-0.15, -0.1) is 0 Å². The fourth-order valence-electron chi connectivity index (χ4n) is 4.29. The molecule has 1 N–H and O–H groups in total. The fraction of sp³-hybridized carbons (Fsp3) is 0.458. The summed E-state index contributed by atoms with van der Waals surface area (Å²) in [5.74, 6) is 0.554. The second-order valence-electron chi connectivity index (χ2n) is 8.01. The molecular formula is C24H32N2O2. The van der Waals surface area contributed by atoms with Gasteiger partial charge in [-0.25, -0.2) is 0 Å². The third-order valence-electron chi connectivity index (χ3n) is 5.98. The smallest absolute Gasteiger partial charge is 0.255 e. The number of ether oxygens (including phenoxy) is 1. The van der Waals surface area contributed by atoms with Crippen molar-refractivity contribution < 1.29 is 9.53 Å². The number of nitrogens with one attached hydrogen (secondary N) is 1. The predicted molar refractivity (Wildman–Crippen MR) is 114 cm³/mol. The molecule has 1 fully saturated rings. The third kappa shape index (κ3) is 4.07. The molecule has 2 aromatic carbocycles. The molecule has 4 nitrogen and oxygen atoms in total. The van der Waals surface area contributed by atoms with Gasteiger partial charge < -0.3 is 10.1 Å². The van der Waals surface area contributed by atoms with E-state index in [1.165, 1.54) is 12.8 Å². The van der Waals surface area contributed by atoms with Gasteiger partial charge in [-0.2, -0.15) is 0 Å². The first kappa shape index (κ1) is 20.4. The quantitative estimate of drug-likeness (QED) is 0.763. The summed E-state index contributed by atoms with van der Waals surface area (Å²) in [5, 5.41) is 3.36. The maximum absolute atomic E-state index is 13.4. The van der Waals surface area contributed by atoms with Crippen LogP contribution in [0.1, 0.15) is 61.1 Å². The lowest BCUT2D eigenvalue weighted by molar-refractivity contribution is 0.0775. The van der Waals surface area contributed by atoms with Gasteiger partial charge in [0.25, 0.3) is 5.91 Å². The Morgan fingerprint density at radius 2 is 1.79 bits per heavy atom. The Balaban J connectivity index is 1.98. The number of methoxy groups -OCH3 is 1. The van der Waals surface area contributed by atoms with Gasteiger partial charge >= 0.3 is 0 Å². The molecule has 1 atom stereocenters. The highest BCUT2D eigenvalue weighted by Gasteiger charge is 2.39. The zero-order valence-corrected chi connectivity index (χ0v) is 17.5. The molecule has 0 bridgehead atoms. The Bertz CT molecular complexity index is 773. The summed E-state index contributed by atoms with van der Waals surface area (Å²) in [4.78, 5) is 15.9. The van der Waals surface area contributed by atoms with Crippen molar-refractivity contribution in [3.63, 3.8) is 0 Å². The Morgan fingerprint density at radius 3 is 2.39 bits per heavy atom. The minimum atomic E-state index is -0.193. The maximum Gasteiger partial charge on any atom is 0.255 e. The second kappa shape index (κ2) is 8.78. The van der Waals surface area contributed by atoms with Gasteiger partial charge in [0.1, 0.15) is 5.75 Å². The second-order valence-corrected chi connectivity index (χ2v) is 8.01. The van der Waals surface area contributed by atoms with Crippen LogP contribution in [0.15, 0.2) is 48.5 Å². The summed E-state index contributed by atoms with van der Waals surface area (Å²) in [6.45, 7) is 8.68. The van der Waals surface area contributed by atoms with E-state index in [0.717, 1.165) is 30.6 Å². The van der Waals surface area contributed by atoms with Crippen molar-refractivity contribution >= 4 is 5.91 Å². The molecule has 150 valence electrons. The van der Waals surface area contributed by atoms with Crippen LogP contribution >= 0.6 is 0 Å². The van der Waals surface area contributed by atoms with E-state index in [2.05, 4.69) is 43.1 Å². The topological polar surface area (TPSA) is 41.6 Å². The van der Waals surface area contributed by atoms with Crippen molar-refractivity contribution in [2.45, 2.75) is 51.6 Å². The van der Waals surface area contributed by atoms with Gasteiger partial charge in [-0.3, -0.25) is 9.69 Å². The van der Waals surface area contributed by atoms with E-state index in [1.807, 2.05) is 36.4 Å². The van der Waals surface area contributed by atoms with Crippen LogP contribution in [-0.2, 0) is 6.42 Å². The number of benzene rings is 2. The molecule has 1 saturated heterocycles. The molecule has 0 aliphatic carbocycles. The first-order valence-corrected chi connectivity index (χ1v) is 10.3. The highest BCUT2D eigenvalue weighted by Crippen LogP contribution is 2.34. The summed E-state index contributed by atoms with van der Waals surface area (Å²) in [5.41, 5.74) is 2.58. The number of carbonyl (C=O) groups excluding carboxylic acids is 1. The van der Waals surface area contributed by atoms with Crippen LogP contribution in [0.4, 0.5) is 0 Å². The van der Waals surface area contributed by atoms with E-state index in [-0.39, 0.29) is 17.5 Å². The largest absolute Gasteiger partial charge is 0.496 e. The Morgan fingerprint density at radius 1 is 1.11 bits per heavy atom. The van der Waals surface area contributed by atoms with Crippen LogP contribution in [0.3, 0.4) is 0 Å². The Kier molecular flexibility index (Phi) is 6.40. The molecule has 2 aromatic rings. The van der Waals surface area contributed by atoms with Crippen molar-refractivity contribution in [1.82, 2.24) is 10.2 Å². The highest BCUT2D eigenvalue weighted by atomic mass is 16.5. The summed E-state index contributed by atoms with van der Waals surface area (Å²) in [6.07, 6.45) is 3.21. The van der Waals surface area contributed by atoms with E-state index in [0.29, 0.717) is 11.3 Å². The van der Waals surface area contributed by atoms with Gasteiger partial charge in [-0.05, 0) is 63.4 Å². The molecule has 0 radical (unpaired) electrons. The number of carbonyl (C=O) groups is 1. The molecule has 1 aliphatic heterocycles. The monoisotopic (exact) mass is 380 g/mol. The molecular weight excluding hydrogens is 348 g/mol. The van der Waals surface area contributed by atoms with Crippen LogP contribution < -0.4 is 10.1 Å². The summed E-state index contributed by atoms with van der Waals surface area (Å²) < 4.78 is 5.51. The normalized spacial score (nSPS) is 16.0. The summed E-state index contributed by atoms with van der Waals surface area (Å²) in [7, 11) is 1.62. The summed E-state index contributed by atoms with van der Waals surface area (Å²) in [6, 6.07) is 16.0. The predicted octanol–water partition coefficient (Wildman–Crippen LogP) is 4.60. The number of hydrogen-bond donors (Lipinski definition) is 1. The average molecular weight is 381 g/mol. The highest BCUT2D eigenvalue weighted by molar-refractivity contribution is 5.98. The summed E-state index contributed by atoms with van der Waals surface area (Å²) >= 11 is 0. The lowest BCUT2D eigenvalue weighted by atomic mass is 9.86. The van der Waals surface area contributed by atoms with Crippen LogP contribution in [0.5, 0.6) is 5.75 Å². The van der Waals surface area contributed by atoms with Crippen molar-refractivity contribution in [3.05, 3.63) is 65.2 Å². The zero-order valence-electron chi connectivity index (χ0n) is 17.5. The van der Waals surface area contributed by atoms with Crippen LogP contribution in [0, 0.1) is 0 Å². The van der Waals surface area contributed by atoms with Crippen molar-refractivity contribution in [2.24, 2.45) is 0 Å². The molecule has 1 heterocycles. The first-order chi connectivity index (χ1) is 13.5. The molecule has 3 rings (SSSR count). The minimum absolute atomic E-state index is 0.0737. The standard InChI is InChI=1S/C24H32N2O2/c1-5-18-14-11-15-20(28-4)21(18)23(27)25-22(19-12-7-6-8-13-19)24(2,3)26-16-9-10-17-26/h6-8,11-15,22H,5,9-10,16-17H2,1-4H3,(H,25,27). The van der Waals surface area contributed by atoms with Crippen molar-refractivity contribution in [1.29, 1.82) is 0 Å². The molecule has 28 heavy (non-hydrogen) atoms. The van der Waals surface area contributed by atoms with E-state index >= 15 is 0 Å². The molecule has 0 aromatic heterocycles. The van der Waals surface area contributed by atoms with Gasteiger partial charge in [-0.1, -0.05) is 49.4 Å². The first-order valence-electron chi connectivity index (χ1n) is 10.3. The van der Waals surface area contributed by atoms with E-state index < -0.39 is 0 Å². The molecule has 1 aliphatic rings. The van der Waals surface area contributed by atoms with E-state index in [9.17, 15) is 4.79 Å². The van der Waals surface area contributed by atoms with Crippen LogP contribution in [0.25, 0.3) is 0 Å². The molecule has 0 spiro atoms. The Hall–Kier alpha value is -2.33. The van der Waals surface area contributed by atoms with Gasteiger partial charge in [0.05, 0.1) is 18.7 Å². The van der Waals surface area contributed by atoms with Crippen LogP contribution in [-0.4, -0.2) is 36.5 Å². The number of amides is 1. The van der Waals surface area contributed by atoms with Gasteiger partial charge in [0.2, 0.25) is 0 Å². The minimum Gasteiger partial charge on any atom is -0.496 e. The van der Waals surface area contributed by atoms with Gasteiger partial charge in [0, 0.05) is 5.54 Å². The molecule has 4 heteroatoms. The number of rotatable bonds is 7. The maximum atomic E-state index is 13.4. The Labute approximate surface area is 168 Å². The van der Waals surface area contributed by atoms with Gasteiger partial charge in [0.15, 0.2) is 0 Å².